The Morgan fingerprint density at radius 2 is 1.11 bits per heavy atom. The number of hydrogen-bond donors (Lipinski definition) is 4. The van der Waals surface area contributed by atoms with Crippen LogP contribution in [0, 0.1) is 0 Å². The van der Waals surface area contributed by atoms with Crippen molar-refractivity contribution in [1.82, 2.24) is 0 Å². The van der Waals surface area contributed by atoms with Crippen molar-refractivity contribution in [2.75, 3.05) is 0 Å². The van der Waals surface area contributed by atoms with Crippen LogP contribution >= 0.6 is 0 Å². The first-order chi connectivity index (χ1) is 21.8. The van der Waals surface area contributed by atoms with Crippen LogP contribution in [0.5, 0.6) is 0 Å². The third-order valence-electron chi connectivity index (χ3n) is 10.1. The van der Waals surface area contributed by atoms with Crippen molar-refractivity contribution in [2.45, 2.75) is 216 Å². The van der Waals surface area contributed by atoms with E-state index in [-0.39, 0.29) is 48.7 Å². The molecule has 0 radical (unpaired) electrons. The molecule has 0 aromatic rings. The van der Waals surface area contributed by atoms with Gasteiger partial charge in [0.15, 0.2) is 0 Å². The lowest BCUT2D eigenvalue weighted by molar-refractivity contribution is -0.139. The first-order valence-corrected chi connectivity index (χ1v) is 18.7. The monoisotopic (exact) mass is 638 g/mol. The van der Waals surface area contributed by atoms with Gasteiger partial charge in [0, 0.05) is 5.57 Å². The number of unbranched alkanes of at least 4 members (excludes halogenated alkanes) is 8. The number of ether oxygens (including phenoxy) is 3. The molecular formula is C37H66O8. The van der Waals surface area contributed by atoms with E-state index in [9.17, 15) is 25.2 Å². The van der Waals surface area contributed by atoms with Crippen molar-refractivity contribution < 1.29 is 39.4 Å². The van der Waals surface area contributed by atoms with Crippen LogP contribution in [0.15, 0.2) is 11.6 Å². The van der Waals surface area contributed by atoms with E-state index in [2.05, 4.69) is 6.92 Å². The van der Waals surface area contributed by atoms with E-state index >= 15 is 0 Å². The van der Waals surface area contributed by atoms with Crippen molar-refractivity contribution >= 4 is 5.97 Å². The zero-order valence-corrected chi connectivity index (χ0v) is 28.5. The minimum Gasteiger partial charge on any atom is -0.455 e. The van der Waals surface area contributed by atoms with Gasteiger partial charge in [0.1, 0.15) is 6.10 Å². The van der Waals surface area contributed by atoms with Crippen LogP contribution in [-0.4, -0.2) is 81.3 Å². The molecule has 0 aromatic heterocycles. The highest BCUT2D eigenvalue weighted by molar-refractivity contribution is 5.90. The number of hydrogen-bond acceptors (Lipinski definition) is 8. The van der Waals surface area contributed by atoms with Crippen LogP contribution in [0.25, 0.3) is 0 Å². The molecule has 3 aliphatic heterocycles. The Morgan fingerprint density at radius 3 is 1.67 bits per heavy atom. The van der Waals surface area contributed by atoms with Crippen LogP contribution in [0.4, 0.5) is 0 Å². The SMILES string of the molecule is CCCCCCC(O)CCC[C@H](O)[C@H]1CC[C@H]([C@H]2CC[C@H]([C@H](O)CCCCC(O)CCCCCCCC3=CC(C)OC3=O)O2)O1. The third-order valence-corrected chi connectivity index (χ3v) is 10.1. The molecule has 0 aliphatic carbocycles. The molecule has 8 nitrogen and oxygen atoms in total. The van der Waals surface area contributed by atoms with Crippen LogP contribution in [0.3, 0.4) is 0 Å². The first kappa shape index (κ1) is 38.4. The van der Waals surface area contributed by atoms with Crippen LogP contribution in [0.1, 0.15) is 162 Å². The Hall–Kier alpha value is -1.03. The largest absolute Gasteiger partial charge is 0.455 e. The molecule has 4 N–H and O–H groups in total. The van der Waals surface area contributed by atoms with Crippen molar-refractivity contribution in [2.24, 2.45) is 0 Å². The van der Waals surface area contributed by atoms with Gasteiger partial charge in [0.2, 0.25) is 0 Å². The molecule has 0 amide bonds. The highest BCUT2D eigenvalue weighted by Gasteiger charge is 2.40. The van der Waals surface area contributed by atoms with Crippen molar-refractivity contribution in [3.05, 3.63) is 11.6 Å². The van der Waals surface area contributed by atoms with Gasteiger partial charge in [0.25, 0.3) is 0 Å². The summed E-state index contributed by atoms with van der Waals surface area (Å²) < 4.78 is 17.6. The Labute approximate surface area is 273 Å². The molecule has 9 atom stereocenters. The van der Waals surface area contributed by atoms with E-state index in [0.717, 1.165) is 121 Å². The smallest absolute Gasteiger partial charge is 0.334 e. The summed E-state index contributed by atoms with van der Waals surface area (Å²) in [5, 5.41) is 42.0. The second-order valence-corrected chi connectivity index (χ2v) is 14.2. The summed E-state index contributed by atoms with van der Waals surface area (Å²) in [4.78, 5) is 11.6. The predicted octanol–water partition coefficient (Wildman–Crippen LogP) is 6.83. The van der Waals surface area contributed by atoms with E-state index in [0.29, 0.717) is 12.8 Å². The molecule has 3 unspecified atom stereocenters. The van der Waals surface area contributed by atoms with Gasteiger partial charge in [-0.15, -0.1) is 0 Å². The van der Waals surface area contributed by atoms with E-state index in [1.165, 1.54) is 19.3 Å². The molecule has 2 fully saturated rings. The number of cyclic esters (lactones) is 1. The van der Waals surface area contributed by atoms with Crippen LogP contribution < -0.4 is 0 Å². The second-order valence-electron chi connectivity index (χ2n) is 14.2. The summed E-state index contributed by atoms with van der Waals surface area (Å²) >= 11 is 0. The summed E-state index contributed by atoms with van der Waals surface area (Å²) in [6.45, 7) is 4.08. The number of esters is 1. The predicted molar refractivity (Wildman–Crippen MR) is 177 cm³/mol. The zero-order chi connectivity index (χ0) is 32.4. The number of carbonyl (C=O) groups excluding carboxylic acids is 1. The average molecular weight is 639 g/mol. The van der Waals surface area contributed by atoms with Crippen molar-refractivity contribution in [1.29, 1.82) is 0 Å². The number of aliphatic hydroxyl groups is 4. The highest BCUT2D eigenvalue weighted by atomic mass is 16.6. The minimum atomic E-state index is -0.502. The van der Waals surface area contributed by atoms with Gasteiger partial charge >= 0.3 is 5.97 Å². The molecule has 0 bridgehead atoms. The maximum atomic E-state index is 11.6. The first-order valence-electron chi connectivity index (χ1n) is 18.7. The lowest BCUT2D eigenvalue weighted by atomic mass is 9.99. The maximum absolute atomic E-state index is 11.6. The molecular weight excluding hydrogens is 572 g/mol. The molecule has 0 spiro atoms. The Balaban J connectivity index is 1.16. The molecule has 0 saturated carbocycles. The molecule has 262 valence electrons. The summed E-state index contributed by atoms with van der Waals surface area (Å²) in [7, 11) is 0. The van der Waals surface area contributed by atoms with E-state index in [4.69, 9.17) is 14.2 Å². The number of aliphatic hydroxyl groups excluding tert-OH is 4. The topological polar surface area (TPSA) is 126 Å². The highest BCUT2D eigenvalue weighted by Crippen LogP contribution is 2.34. The van der Waals surface area contributed by atoms with Crippen LogP contribution in [-0.2, 0) is 19.0 Å². The standard InChI is InChI=1S/C37H66O8/c1-3-4-5-10-16-30(39)19-14-21-32(41)34-23-25-36(45-34)35-24-22-33(44-35)31(40)20-13-12-18-29(38)17-11-8-6-7-9-15-28-26-27(2)43-37(28)42/h26-27,29-36,38-41H,3-25H2,1-2H3/t27?,29?,30?,31-,32+,33-,34-,35-,36-/m1/s1. The summed E-state index contributed by atoms with van der Waals surface area (Å²) in [6, 6.07) is 0. The average Bonchev–Trinajstić information content (AvgIpc) is 3.77. The van der Waals surface area contributed by atoms with Gasteiger partial charge < -0.3 is 34.6 Å². The lowest BCUT2D eigenvalue weighted by Crippen LogP contribution is -2.33. The molecule has 2 saturated heterocycles. The molecule has 0 aromatic carbocycles. The fraction of sp³-hybridized carbons (Fsp3) is 0.919. The number of rotatable bonds is 25. The van der Waals surface area contributed by atoms with E-state index in [1.807, 2.05) is 13.0 Å². The third kappa shape index (κ3) is 14.7. The van der Waals surface area contributed by atoms with Gasteiger partial charge in [-0.2, -0.15) is 0 Å². The summed E-state index contributed by atoms with van der Waals surface area (Å²) in [5.41, 5.74) is 0.822. The maximum Gasteiger partial charge on any atom is 0.334 e. The van der Waals surface area contributed by atoms with Crippen molar-refractivity contribution in [3.63, 3.8) is 0 Å². The van der Waals surface area contributed by atoms with Gasteiger partial charge in [-0.05, 0) is 96.5 Å². The normalized spacial score (nSPS) is 27.8. The Morgan fingerprint density at radius 1 is 0.644 bits per heavy atom. The van der Waals surface area contributed by atoms with Crippen molar-refractivity contribution in [3.8, 4) is 0 Å². The molecule has 3 rings (SSSR count). The van der Waals surface area contributed by atoms with E-state index in [1.54, 1.807) is 0 Å². The lowest BCUT2D eigenvalue weighted by Gasteiger charge is -2.24. The van der Waals surface area contributed by atoms with Gasteiger partial charge in [-0.3, -0.25) is 0 Å². The fourth-order valence-corrected chi connectivity index (χ4v) is 7.30. The van der Waals surface area contributed by atoms with Gasteiger partial charge in [-0.25, -0.2) is 4.79 Å². The molecule has 45 heavy (non-hydrogen) atoms. The Bertz CT molecular complexity index is 833. The molecule has 8 heteroatoms. The molecule has 3 aliphatic rings. The van der Waals surface area contributed by atoms with Gasteiger partial charge in [0.05, 0.1) is 48.8 Å². The molecule has 3 heterocycles. The van der Waals surface area contributed by atoms with Crippen LogP contribution in [0.2, 0.25) is 0 Å². The fourth-order valence-electron chi connectivity index (χ4n) is 7.30. The second kappa shape index (κ2) is 21.8. The minimum absolute atomic E-state index is 0.0198. The Kier molecular flexibility index (Phi) is 18.6. The zero-order valence-electron chi connectivity index (χ0n) is 28.5. The van der Waals surface area contributed by atoms with E-state index < -0.39 is 12.2 Å². The summed E-state index contributed by atoms with van der Waals surface area (Å²) in [5.74, 6) is -0.158. The number of carbonyl (C=O) groups is 1. The van der Waals surface area contributed by atoms with Gasteiger partial charge in [-0.1, -0.05) is 71.1 Å². The summed E-state index contributed by atoms with van der Waals surface area (Å²) in [6.07, 6.45) is 21.3. The quantitative estimate of drug-likeness (QED) is 0.0634.